The molecule has 0 spiro atoms. The predicted octanol–water partition coefficient (Wildman–Crippen LogP) is 2.73. The molecule has 1 N–H and O–H groups in total. The molecule has 1 atom stereocenters. The first kappa shape index (κ1) is 12.1. The van der Waals surface area contributed by atoms with Gasteiger partial charge in [-0.2, -0.15) is 5.26 Å². The summed E-state index contributed by atoms with van der Waals surface area (Å²) in [6.45, 7) is 5.78. The molecular formula is C13H14N4O. The smallest absolute Gasteiger partial charge is 0.163 e. The van der Waals surface area contributed by atoms with E-state index in [1.807, 2.05) is 26.8 Å². The molecule has 0 aliphatic rings. The zero-order valence-corrected chi connectivity index (χ0v) is 10.6. The summed E-state index contributed by atoms with van der Waals surface area (Å²) in [6.07, 6.45) is 1.60. The average Bonchev–Trinajstić information content (AvgIpc) is 2.69. The van der Waals surface area contributed by atoms with Crippen LogP contribution < -0.4 is 5.32 Å². The van der Waals surface area contributed by atoms with Crippen LogP contribution in [-0.2, 0) is 0 Å². The number of nitrogens with zero attached hydrogens (tertiary/aromatic N) is 3. The van der Waals surface area contributed by atoms with Crippen molar-refractivity contribution in [1.82, 2.24) is 10.1 Å². The molecule has 0 fully saturated rings. The van der Waals surface area contributed by atoms with Crippen molar-refractivity contribution in [3.8, 4) is 6.07 Å². The number of nitriles is 1. The molecule has 1 unspecified atom stereocenters. The number of nitrogens with one attached hydrogen (secondary N) is 1. The maximum absolute atomic E-state index is 8.99. The highest BCUT2D eigenvalue weighted by molar-refractivity contribution is 5.54. The minimum atomic E-state index is 0.00699. The second-order valence-electron chi connectivity index (χ2n) is 4.12. The molecule has 2 rings (SSSR count). The summed E-state index contributed by atoms with van der Waals surface area (Å²) in [7, 11) is 0. The van der Waals surface area contributed by atoms with Crippen LogP contribution in [0, 0.1) is 25.2 Å². The van der Waals surface area contributed by atoms with Crippen molar-refractivity contribution in [1.29, 1.82) is 5.26 Å². The molecule has 18 heavy (non-hydrogen) atoms. The Balaban J connectivity index is 2.27. The SMILES string of the molecule is Cc1noc(C)c1C(C)Nc1cccnc1C#N. The first-order valence-electron chi connectivity index (χ1n) is 5.68. The van der Waals surface area contributed by atoms with Crippen LogP contribution in [0.3, 0.4) is 0 Å². The molecular weight excluding hydrogens is 228 g/mol. The summed E-state index contributed by atoms with van der Waals surface area (Å²) in [6, 6.07) is 5.70. The standard InChI is InChI=1S/C13H14N4O/c1-8(13-9(2)17-18-10(13)3)16-11-5-4-6-15-12(11)7-14/h4-6,8,16H,1-3H3. The molecule has 0 saturated carbocycles. The summed E-state index contributed by atoms with van der Waals surface area (Å²) < 4.78 is 5.14. The predicted molar refractivity (Wildman–Crippen MR) is 67.0 cm³/mol. The number of aryl methyl sites for hydroxylation is 2. The van der Waals surface area contributed by atoms with Gasteiger partial charge in [-0.25, -0.2) is 4.98 Å². The fourth-order valence-corrected chi connectivity index (χ4v) is 2.02. The number of hydrogen-bond donors (Lipinski definition) is 1. The van der Waals surface area contributed by atoms with E-state index in [1.165, 1.54) is 0 Å². The third-order valence-electron chi connectivity index (χ3n) is 2.81. The molecule has 0 amide bonds. The fraction of sp³-hybridized carbons (Fsp3) is 0.308. The summed E-state index contributed by atoms with van der Waals surface area (Å²) in [4.78, 5) is 4.01. The fourth-order valence-electron chi connectivity index (χ4n) is 2.02. The lowest BCUT2D eigenvalue weighted by Crippen LogP contribution is -2.10. The zero-order valence-electron chi connectivity index (χ0n) is 10.6. The lowest BCUT2D eigenvalue weighted by atomic mass is 10.1. The highest BCUT2D eigenvalue weighted by Gasteiger charge is 2.17. The molecule has 0 aliphatic carbocycles. The Morgan fingerprint density at radius 3 is 2.83 bits per heavy atom. The third-order valence-corrected chi connectivity index (χ3v) is 2.81. The van der Waals surface area contributed by atoms with Crippen LogP contribution in [0.25, 0.3) is 0 Å². The Morgan fingerprint density at radius 2 is 2.22 bits per heavy atom. The van der Waals surface area contributed by atoms with Crippen molar-refractivity contribution >= 4 is 5.69 Å². The van der Waals surface area contributed by atoms with Gasteiger partial charge < -0.3 is 9.84 Å². The van der Waals surface area contributed by atoms with E-state index in [2.05, 4.69) is 21.5 Å². The first-order valence-corrected chi connectivity index (χ1v) is 5.68. The number of anilines is 1. The zero-order chi connectivity index (χ0) is 13.1. The summed E-state index contributed by atoms with van der Waals surface area (Å²) in [5.74, 6) is 0.787. The van der Waals surface area contributed by atoms with Gasteiger partial charge in [-0.15, -0.1) is 0 Å². The van der Waals surface area contributed by atoms with E-state index in [-0.39, 0.29) is 6.04 Å². The second-order valence-corrected chi connectivity index (χ2v) is 4.12. The highest BCUT2D eigenvalue weighted by atomic mass is 16.5. The molecule has 0 bridgehead atoms. The van der Waals surface area contributed by atoms with Crippen molar-refractivity contribution in [3.05, 3.63) is 41.0 Å². The van der Waals surface area contributed by atoms with Crippen LogP contribution in [0.15, 0.2) is 22.9 Å². The van der Waals surface area contributed by atoms with Gasteiger partial charge in [-0.3, -0.25) is 0 Å². The number of aromatic nitrogens is 2. The van der Waals surface area contributed by atoms with Crippen molar-refractivity contribution in [2.75, 3.05) is 5.32 Å². The van der Waals surface area contributed by atoms with Gasteiger partial charge in [0.1, 0.15) is 11.8 Å². The van der Waals surface area contributed by atoms with Crippen LogP contribution in [0.2, 0.25) is 0 Å². The number of hydrogen-bond acceptors (Lipinski definition) is 5. The first-order chi connectivity index (χ1) is 8.63. The maximum atomic E-state index is 8.99. The van der Waals surface area contributed by atoms with E-state index in [0.717, 1.165) is 17.0 Å². The van der Waals surface area contributed by atoms with Crippen molar-refractivity contribution in [3.63, 3.8) is 0 Å². The maximum Gasteiger partial charge on any atom is 0.163 e. The molecule has 0 saturated heterocycles. The van der Waals surface area contributed by atoms with E-state index in [4.69, 9.17) is 9.78 Å². The van der Waals surface area contributed by atoms with E-state index < -0.39 is 0 Å². The average molecular weight is 242 g/mol. The lowest BCUT2D eigenvalue weighted by Gasteiger charge is -2.15. The third kappa shape index (κ3) is 2.18. The van der Waals surface area contributed by atoms with E-state index in [1.54, 1.807) is 12.3 Å². The molecule has 92 valence electrons. The van der Waals surface area contributed by atoms with Crippen molar-refractivity contribution in [2.45, 2.75) is 26.8 Å². The minimum Gasteiger partial charge on any atom is -0.376 e. The van der Waals surface area contributed by atoms with Crippen molar-refractivity contribution < 1.29 is 4.52 Å². The largest absolute Gasteiger partial charge is 0.376 e. The van der Waals surface area contributed by atoms with Gasteiger partial charge in [0.2, 0.25) is 0 Å². The number of pyridine rings is 1. The monoisotopic (exact) mass is 242 g/mol. The molecule has 2 aromatic rings. The quantitative estimate of drug-likeness (QED) is 0.895. The van der Waals surface area contributed by atoms with Crippen LogP contribution in [0.5, 0.6) is 0 Å². The molecule has 0 aliphatic heterocycles. The van der Waals surface area contributed by atoms with Gasteiger partial charge in [0, 0.05) is 11.8 Å². The van der Waals surface area contributed by atoms with E-state index >= 15 is 0 Å². The lowest BCUT2D eigenvalue weighted by molar-refractivity contribution is 0.392. The van der Waals surface area contributed by atoms with Gasteiger partial charge >= 0.3 is 0 Å². The Hall–Kier alpha value is -2.35. The topological polar surface area (TPSA) is 74.7 Å². The van der Waals surface area contributed by atoms with Gasteiger partial charge in [0.15, 0.2) is 5.69 Å². The number of rotatable bonds is 3. The Morgan fingerprint density at radius 1 is 1.44 bits per heavy atom. The summed E-state index contributed by atoms with van der Waals surface area (Å²) in [5.41, 5.74) is 2.97. The Kier molecular flexibility index (Phi) is 3.28. The van der Waals surface area contributed by atoms with Crippen molar-refractivity contribution in [2.24, 2.45) is 0 Å². The Labute approximate surface area is 105 Å². The summed E-state index contributed by atoms with van der Waals surface area (Å²) >= 11 is 0. The van der Waals surface area contributed by atoms with Crippen LogP contribution in [-0.4, -0.2) is 10.1 Å². The molecule has 0 radical (unpaired) electrons. The molecule has 2 aromatic heterocycles. The van der Waals surface area contributed by atoms with E-state index in [9.17, 15) is 0 Å². The van der Waals surface area contributed by atoms with Crippen LogP contribution >= 0.6 is 0 Å². The van der Waals surface area contributed by atoms with Gasteiger partial charge in [0.05, 0.1) is 17.4 Å². The van der Waals surface area contributed by atoms with Gasteiger partial charge in [0.25, 0.3) is 0 Å². The molecule has 5 nitrogen and oxygen atoms in total. The highest BCUT2D eigenvalue weighted by Crippen LogP contribution is 2.25. The molecule has 5 heteroatoms. The molecule has 0 aromatic carbocycles. The minimum absolute atomic E-state index is 0.00699. The van der Waals surface area contributed by atoms with Crippen LogP contribution in [0.1, 0.15) is 35.7 Å². The normalized spacial score (nSPS) is 11.9. The Bertz CT molecular complexity index is 578. The van der Waals surface area contributed by atoms with Crippen LogP contribution in [0.4, 0.5) is 5.69 Å². The van der Waals surface area contributed by atoms with E-state index in [0.29, 0.717) is 11.4 Å². The summed E-state index contributed by atoms with van der Waals surface area (Å²) in [5, 5.41) is 16.2. The second kappa shape index (κ2) is 4.88. The molecule has 2 heterocycles. The van der Waals surface area contributed by atoms with Gasteiger partial charge in [-0.05, 0) is 32.9 Å². The van der Waals surface area contributed by atoms with Gasteiger partial charge in [-0.1, -0.05) is 5.16 Å².